The Morgan fingerprint density at radius 2 is 2.59 bits per heavy atom. The molecule has 0 spiro atoms. The van der Waals surface area contributed by atoms with Crippen molar-refractivity contribution in [1.29, 1.82) is 0 Å². The number of likely N-dealkylation sites (N-methyl/N-ethyl adjacent to an activating group) is 1. The highest BCUT2D eigenvalue weighted by Gasteiger charge is 2.18. The SMILES string of the molecule is Cc1ncc(C(=O)NCC2CN(C)CCO2)[nH]1. The van der Waals surface area contributed by atoms with Crippen LogP contribution in [0.5, 0.6) is 0 Å². The topological polar surface area (TPSA) is 70.2 Å². The molecular weight excluding hydrogens is 220 g/mol. The molecule has 6 nitrogen and oxygen atoms in total. The maximum absolute atomic E-state index is 11.7. The lowest BCUT2D eigenvalue weighted by Gasteiger charge is -2.29. The van der Waals surface area contributed by atoms with E-state index in [0.29, 0.717) is 12.2 Å². The van der Waals surface area contributed by atoms with Gasteiger partial charge in [-0.2, -0.15) is 0 Å². The molecule has 1 aliphatic rings. The Morgan fingerprint density at radius 3 is 3.24 bits per heavy atom. The first-order valence-electron chi connectivity index (χ1n) is 5.75. The van der Waals surface area contributed by atoms with E-state index in [-0.39, 0.29) is 12.0 Å². The molecule has 0 radical (unpaired) electrons. The second-order valence-electron chi connectivity index (χ2n) is 4.35. The fraction of sp³-hybridized carbons (Fsp3) is 0.636. The molecule has 94 valence electrons. The van der Waals surface area contributed by atoms with Gasteiger partial charge in [-0.15, -0.1) is 0 Å². The smallest absolute Gasteiger partial charge is 0.269 e. The summed E-state index contributed by atoms with van der Waals surface area (Å²) in [6, 6.07) is 0. The third kappa shape index (κ3) is 3.28. The third-order valence-corrected chi connectivity index (χ3v) is 2.78. The number of aryl methyl sites for hydroxylation is 1. The number of nitrogens with one attached hydrogen (secondary N) is 2. The van der Waals surface area contributed by atoms with Crippen molar-refractivity contribution in [2.24, 2.45) is 0 Å². The predicted molar refractivity (Wildman–Crippen MR) is 62.9 cm³/mol. The Bertz CT molecular complexity index is 391. The predicted octanol–water partition coefficient (Wildman–Crippen LogP) is -0.221. The van der Waals surface area contributed by atoms with Crippen LogP contribution in [-0.2, 0) is 4.74 Å². The van der Waals surface area contributed by atoms with Crippen molar-refractivity contribution >= 4 is 5.91 Å². The van der Waals surface area contributed by atoms with Crippen LogP contribution >= 0.6 is 0 Å². The number of aromatic amines is 1. The number of H-pyrrole nitrogens is 1. The molecule has 0 aliphatic carbocycles. The minimum absolute atomic E-state index is 0.0710. The maximum atomic E-state index is 11.7. The molecule has 0 saturated carbocycles. The average molecular weight is 238 g/mol. The summed E-state index contributed by atoms with van der Waals surface area (Å²) in [6.45, 7) is 4.86. The Morgan fingerprint density at radius 1 is 1.76 bits per heavy atom. The van der Waals surface area contributed by atoms with Crippen LogP contribution < -0.4 is 5.32 Å². The Kier molecular flexibility index (Phi) is 3.75. The molecule has 6 heteroatoms. The summed E-state index contributed by atoms with van der Waals surface area (Å²) < 4.78 is 5.56. The molecule has 1 aromatic rings. The van der Waals surface area contributed by atoms with Crippen LogP contribution in [0.15, 0.2) is 6.20 Å². The minimum Gasteiger partial charge on any atom is -0.374 e. The van der Waals surface area contributed by atoms with Gasteiger partial charge in [-0.05, 0) is 14.0 Å². The van der Waals surface area contributed by atoms with Crippen molar-refractivity contribution in [2.45, 2.75) is 13.0 Å². The van der Waals surface area contributed by atoms with E-state index in [1.807, 2.05) is 6.92 Å². The van der Waals surface area contributed by atoms with Crippen LogP contribution in [0.3, 0.4) is 0 Å². The van der Waals surface area contributed by atoms with Crippen LogP contribution in [0.25, 0.3) is 0 Å². The number of rotatable bonds is 3. The summed E-state index contributed by atoms with van der Waals surface area (Å²) in [6.07, 6.45) is 1.61. The number of carbonyl (C=O) groups excluding carboxylic acids is 1. The number of hydrogen-bond acceptors (Lipinski definition) is 4. The van der Waals surface area contributed by atoms with Gasteiger partial charge in [0.25, 0.3) is 5.91 Å². The standard InChI is InChI=1S/C11H18N4O2/c1-8-12-6-10(14-8)11(16)13-5-9-7-15(2)3-4-17-9/h6,9H,3-5,7H2,1-2H3,(H,12,14)(H,13,16). The Balaban J connectivity index is 1.80. The summed E-state index contributed by atoms with van der Waals surface area (Å²) >= 11 is 0. The van der Waals surface area contributed by atoms with E-state index in [9.17, 15) is 4.79 Å². The lowest BCUT2D eigenvalue weighted by atomic mass is 10.3. The molecule has 2 N–H and O–H groups in total. The quantitative estimate of drug-likeness (QED) is 0.763. The van der Waals surface area contributed by atoms with Crippen LogP contribution in [0.2, 0.25) is 0 Å². The van der Waals surface area contributed by atoms with Crippen LogP contribution in [0.4, 0.5) is 0 Å². The molecule has 2 rings (SSSR count). The summed E-state index contributed by atoms with van der Waals surface area (Å²) in [4.78, 5) is 20.8. The molecular formula is C11H18N4O2. The second kappa shape index (κ2) is 5.29. The highest BCUT2D eigenvalue weighted by molar-refractivity contribution is 5.92. The molecule has 0 aromatic carbocycles. The van der Waals surface area contributed by atoms with Crippen molar-refractivity contribution in [3.63, 3.8) is 0 Å². The van der Waals surface area contributed by atoms with Gasteiger partial charge in [0.1, 0.15) is 11.5 Å². The fourth-order valence-electron chi connectivity index (χ4n) is 1.83. The van der Waals surface area contributed by atoms with Gasteiger partial charge in [0.2, 0.25) is 0 Å². The number of ether oxygens (including phenoxy) is 1. The first-order valence-corrected chi connectivity index (χ1v) is 5.75. The lowest BCUT2D eigenvalue weighted by Crippen LogP contribution is -2.45. The first kappa shape index (κ1) is 12.1. The zero-order valence-electron chi connectivity index (χ0n) is 10.2. The van der Waals surface area contributed by atoms with E-state index < -0.39 is 0 Å². The van der Waals surface area contributed by atoms with E-state index in [4.69, 9.17) is 4.74 Å². The van der Waals surface area contributed by atoms with Crippen molar-refractivity contribution in [3.8, 4) is 0 Å². The molecule has 17 heavy (non-hydrogen) atoms. The van der Waals surface area contributed by atoms with Gasteiger partial charge in [-0.1, -0.05) is 0 Å². The van der Waals surface area contributed by atoms with E-state index in [0.717, 1.165) is 25.5 Å². The van der Waals surface area contributed by atoms with Gasteiger partial charge >= 0.3 is 0 Å². The molecule has 1 amide bonds. The molecule has 1 unspecified atom stereocenters. The van der Waals surface area contributed by atoms with Gasteiger partial charge in [-0.25, -0.2) is 4.98 Å². The summed E-state index contributed by atoms with van der Waals surface area (Å²) in [7, 11) is 2.05. The molecule has 1 fully saturated rings. The van der Waals surface area contributed by atoms with Gasteiger partial charge in [0.15, 0.2) is 0 Å². The highest BCUT2D eigenvalue weighted by atomic mass is 16.5. The molecule has 0 bridgehead atoms. The van der Waals surface area contributed by atoms with Gasteiger partial charge in [0.05, 0.1) is 18.9 Å². The lowest BCUT2D eigenvalue weighted by molar-refractivity contribution is -0.0175. The minimum atomic E-state index is -0.137. The number of aromatic nitrogens is 2. The summed E-state index contributed by atoms with van der Waals surface area (Å²) in [5.41, 5.74) is 0.492. The zero-order valence-corrected chi connectivity index (χ0v) is 10.2. The van der Waals surface area contributed by atoms with E-state index in [1.54, 1.807) is 6.20 Å². The van der Waals surface area contributed by atoms with Gasteiger partial charge in [-0.3, -0.25) is 4.79 Å². The van der Waals surface area contributed by atoms with Crippen molar-refractivity contribution in [2.75, 3.05) is 33.3 Å². The number of nitrogens with zero attached hydrogens (tertiary/aromatic N) is 2. The Labute approximate surface area is 100 Å². The van der Waals surface area contributed by atoms with Gasteiger partial charge in [0, 0.05) is 19.6 Å². The van der Waals surface area contributed by atoms with Crippen molar-refractivity contribution in [1.82, 2.24) is 20.2 Å². The molecule has 2 heterocycles. The highest BCUT2D eigenvalue weighted by Crippen LogP contribution is 2.02. The zero-order chi connectivity index (χ0) is 12.3. The monoisotopic (exact) mass is 238 g/mol. The average Bonchev–Trinajstić information content (AvgIpc) is 2.73. The molecule has 1 saturated heterocycles. The van der Waals surface area contributed by atoms with Crippen LogP contribution in [0, 0.1) is 6.92 Å². The molecule has 1 atom stereocenters. The van der Waals surface area contributed by atoms with Gasteiger partial charge < -0.3 is 19.9 Å². The van der Waals surface area contributed by atoms with E-state index in [2.05, 4.69) is 27.2 Å². The number of morpholine rings is 1. The van der Waals surface area contributed by atoms with E-state index in [1.165, 1.54) is 0 Å². The first-order chi connectivity index (χ1) is 8.15. The fourth-order valence-corrected chi connectivity index (χ4v) is 1.83. The number of imidazole rings is 1. The molecule has 1 aromatic heterocycles. The number of amides is 1. The third-order valence-electron chi connectivity index (χ3n) is 2.78. The Hall–Kier alpha value is -1.40. The van der Waals surface area contributed by atoms with E-state index >= 15 is 0 Å². The van der Waals surface area contributed by atoms with Crippen molar-refractivity contribution in [3.05, 3.63) is 17.7 Å². The largest absolute Gasteiger partial charge is 0.374 e. The van der Waals surface area contributed by atoms with Crippen molar-refractivity contribution < 1.29 is 9.53 Å². The van der Waals surface area contributed by atoms with Crippen LogP contribution in [0.1, 0.15) is 16.3 Å². The summed E-state index contributed by atoms with van der Waals surface area (Å²) in [5, 5.41) is 2.84. The number of hydrogen-bond donors (Lipinski definition) is 2. The second-order valence-corrected chi connectivity index (χ2v) is 4.35. The van der Waals surface area contributed by atoms with Crippen LogP contribution in [-0.4, -0.2) is 60.2 Å². The maximum Gasteiger partial charge on any atom is 0.269 e. The normalized spacial score (nSPS) is 21.4. The number of carbonyl (C=O) groups is 1. The summed E-state index contributed by atoms with van der Waals surface area (Å²) in [5.74, 6) is 0.603. The molecule has 1 aliphatic heterocycles.